The van der Waals surface area contributed by atoms with E-state index in [-0.39, 0.29) is 24.0 Å². The topological polar surface area (TPSA) is 117 Å². The molecular weight excluding hydrogens is 476 g/mol. The third kappa shape index (κ3) is 4.03. The van der Waals surface area contributed by atoms with Crippen molar-refractivity contribution in [3.8, 4) is 11.5 Å². The highest BCUT2D eigenvalue weighted by molar-refractivity contribution is 6.06. The second-order valence-corrected chi connectivity index (χ2v) is 8.96. The van der Waals surface area contributed by atoms with Gasteiger partial charge in [-0.15, -0.1) is 0 Å². The molecule has 1 saturated carbocycles. The number of fused-ring (bicyclic) bond motifs is 1. The molecule has 194 valence electrons. The molecule has 10 nitrogen and oxygen atoms in total. The maximum atomic E-state index is 15.4. The monoisotopic (exact) mass is 505 g/mol. The first-order valence-electron chi connectivity index (χ1n) is 11.7. The average Bonchev–Trinajstić information content (AvgIpc) is 2.89. The Morgan fingerprint density at radius 3 is 2.33 bits per heavy atom. The lowest BCUT2D eigenvalue weighted by atomic mass is 9.70. The number of ether oxygens (including phenoxy) is 2. The fourth-order valence-electron chi connectivity index (χ4n) is 5.04. The van der Waals surface area contributed by atoms with Gasteiger partial charge in [-0.25, -0.2) is 18.6 Å². The highest BCUT2D eigenvalue weighted by Crippen LogP contribution is 2.45. The summed E-state index contributed by atoms with van der Waals surface area (Å²) in [7, 11) is 4.10. The number of hydrogen-bond acceptors (Lipinski definition) is 7. The molecule has 1 aliphatic heterocycles. The van der Waals surface area contributed by atoms with Crippen LogP contribution in [0.25, 0.3) is 0 Å². The number of benzene rings is 1. The van der Waals surface area contributed by atoms with Gasteiger partial charge in [0.2, 0.25) is 5.95 Å². The van der Waals surface area contributed by atoms with Crippen LogP contribution < -0.4 is 24.6 Å². The van der Waals surface area contributed by atoms with Crippen LogP contribution in [0.5, 0.6) is 11.5 Å². The molecule has 2 N–H and O–H groups in total. The Balaban J connectivity index is 1.81. The van der Waals surface area contributed by atoms with E-state index < -0.39 is 40.8 Å². The minimum absolute atomic E-state index is 0.181. The molecule has 36 heavy (non-hydrogen) atoms. The quantitative estimate of drug-likeness (QED) is 0.576. The fraction of sp³-hybridized carbons (Fsp3) is 0.500. The first kappa shape index (κ1) is 25.4. The predicted molar refractivity (Wildman–Crippen MR) is 128 cm³/mol. The van der Waals surface area contributed by atoms with Gasteiger partial charge in [-0.3, -0.25) is 14.6 Å². The van der Waals surface area contributed by atoms with Crippen molar-refractivity contribution >= 4 is 29.5 Å². The number of methoxy groups -OCH3 is 2. The van der Waals surface area contributed by atoms with E-state index in [2.05, 4.69) is 15.3 Å². The van der Waals surface area contributed by atoms with Crippen molar-refractivity contribution in [1.29, 1.82) is 0 Å². The minimum Gasteiger partial charge on any atom is -0.493 e. The van der Waals surface area contributed by atoms with Crippen LogP contribution in [-0.2, 0) is 11.3 Å². The van der Waals surface area contributed by atoms with Crippen LogP contribution in [-0.4, -0.2) is 54.4 Å². The van der Waals surface area contributed by atoms with E-state index in [1.807, 2.05) is 6.92 Å². The van der Waals surface area contributed by atoms with Crippen molar-refractivity contribution in [2.24, 2.45) is 5.41 Å². The van der Waals surface area contributed by atoms with Gasteiger partial charge in [0.25, 0.3) is 0 Å². The Bertz CT molecular complexity index is 1160. The van der Waals surface area contributed by atoms with Crippen LogP contribution in [0.3, 0.4) is 0 Å². The number of nitrogens with one attached hydrogen (secondary N) is 1. The van der Waals surface area contributed by atoms with E-state index in [0.717, 1.165) is 11.0 Å². The number of anilines is 3. The van der Waals surface area contributed by atoms with Crippen molar-refractivity contribution in [3.63, 3.8) is 0 Å². The second-order valence-electron chi connectivity index (χ2n) is 8.96. The number of carbonyl (C=O) groups excluding carboxylic acids is 1. The van der Waals surface area contributed by atoms with Gasteiger partial charge < -0.3 is 19.9 Å². The van der Waals surface area contributed by atoms with Gasteiger partial charge in [0.15, 0.2) is 23.1 Å². The van der Waals surface area contributed by atoms with Gasteiger partial charge in [0, 0.05) is 30.9 Å². The third-order valence-corrected chi connectivity index (χ3v) is 7.29. The molecule has 0 spiro atoms. The lowest BCUT2D eigenvalue weighted by Crippen LogP contribution is -2.54. The maximum absolute atomic E-state index is 15.4. The highest BCUT2D eigenvalue weighted by atomic mass is 19.1. The lowest BCUT2D eigenvalue weighted by Gasteiger charge is -2.44. The molecule has 12 heteroatoms. The van der Waals surface area contributed by atoms with Crippen molar-refractivity contribution in [2.45, 2.75) is 51.6 Å². The van der Waals surface area contributed by atoms with E-state index in [4.69, 9.17) is 9.47 Å². The van der Waals surface area contributed by atoms with Crippen LogP contribution in [0.1, 0.15) is 44.6 Å². The first-order chi connectivity index (χ1) is 17.2. The second kappa shape index (κ2) is 9.75. The van der Waals surface area contributed by atoms with E-state index in [0.29, 0.717) is 43.5 Å². The molecule has 2 heterocycles. The largest absolute Gasteiger partial charge is 0.493 e. The van der Waals surface area contributed by atoms with Crippen molar-refractivity contribution in [1.82, 2.24) is 9.97 Å². The molecular formula is C24H29F2N5O5. The Morgan fingerprint density at radius 1 is 1.22 bits per heavy atom. The Hall–Kier alpha value is -3.70. The number of carboxylic acids is 1. The summed E-state index contributed by atoms with van der Waals surface area (Å²) in [6, 6.07) is -0.0226. The zero-order valence-corrected chi connectivity index (χ0v) is 20.6. The summed E-state index contributed by atoms with van der Waals surface area (Å²) in [6.07, 6.45) is 3.49. The molecule has 1 aromatic heterocycles. The molecule has 2 aliphatic rings. The molecule has 1 aromatic carbocycles. The number of carbonyl (C=O) groups is 2. The number of carboxylic acid groups (broad SMARTS) is 1. The number of aromatic nitrogens is 2. The van der Waals surface area contributed by atoms with Crippen LogP contribution >= 0.6 is 0 Å². The van der Waals surface area contributed by atoms with Crippen molar-refractivity contribution in [3.05, 3.63) is 29.5 Å². The van der Waals surface area contributed by atoms with Gasteiger partial charge >= 0.3 is 12.0 Å². The number of rotatable bonds is 7. The first-order valence-corrected chi connectivity index (χ1v) is 11.7. The van der Waals surface area contributed by atoms with E-state index in [1.165, 1.54) is 25.3 Å². The normalized spacial score (nSPS) is 21.7. The lowest BCUT2D eigenvalue weighted by molar-refractivity contribution is -0.151. The molecule has 0 unspecified atom stereocenters. The Kier molecular flexibility index (Phi) is 6.87. The summed E-state index contributed by atoms with van der Waals surface area (Å²) >= 11 is 0. The van der Waals surface area contributed by atoms with Gasteiger partial charge in [-0.1, -0.05) is 6.92 Å². The van der Waals surface area contributed by atoms with Gasteiger partial charge in [0.05, 0.1) is 26.2 Å². The molecule has 2 amide bonds. The van der Waals surface area contributed by atoms with Crippen LogP contribution in [0.2, 0.25) is 0 Å². The highest BCUT2D eigenvalue weighted by Gasteiger charge is 2.46. The standard InChI is InChI=1S/C24H29F2N5O5/c1-5-24(21(32)33)8-6-14(7-9-24)31-20-13(11-28-22(27-2)29-20)12-30(23(31)34)19-17(25)15(35-3)10-16(36-4)18(19)26/h10-11,14H,5-9,12H2,1-4H3,(H,32,33)(H,27,28,29). The summed E-state index contributed by atoms with van der Waals surface area (Å²) in [4.78, 5) is 36.9. The zero-order valence-electron chi connectivity index (χ0n) is 20.6. The predicted octanol–water partition coefficient (Wildman–Crippen LogP) is 4.18. The van der Waals surface area contributed by atoms with Crippen molar-refractivity contribution in [2.75, 3.05) is 36.4 Å². The van der Waals surface area contributed by atoms with E-state index in [1.54, 1.807) is 7.05 Å². The molecule has 4 rings (SSSR count). The third-order valence-electron chi connectivity index (χ3n) is 7.29. The number of urea groups is 1. The van der Waals surface area contributed by atoms with Gasteiger partial charge in [-0.2, -0.15) is 4.98 Å². The molecule has 0 bridgehead atoms. The minimum atomic E-state index is -1.04. The number of halogens is 2. The van der Waals surface area contributed by atoms with E-state index >= 15 is 8.78 Å². The number of aliphatic carboxylic acids is 1. The maximum Gasteiger partial charge on any atom is 0.330 e. The van der Waals surface area contributed by atoms with Crippen LogP contribution in [0.4, 0.5) is 31.0 Å². The van der Waals surface area contributed by atoms with Gasteiger partial charge in [-0.05, 0) is 32.1 Å². The molecule has 1 aliphatic carbocycles. The molecule has 2 aromatic rings. The molecule has 0 radical (unpaired) electrons. The number of hydrogen-bond donors (Lipinski definition) is 2. The number of nitrogens with zero attached hydrogens (tertiary/aromatic N) is 4. The summed E-state index contributed by atoms with van der Waals surface area (Å²) < 4.78 is 40.8. The molecule has 0 atom stereocenters. The summed E-state index contributed by atoms with van der Waals surface area (Å²) in [6.45, 7) is 1.66. The Labute approximate surface area is 207 Å². The van der Waals surface area contributed by atoms with Gasteiger partial charge in [0.1, 0.15) is 11.5 Å². The number of amides is 2. The Morgan fingerprint density at radius 2 is 1.83 bits per heavy atom. The summed E-state index contributed by atoms with van der Waals surface area (Å²) in [5.74, 6) is -2.88. The van der Waals surface area contributed by atoms with Crippen LogP contribution in [0.15, 0.2) is 12.3 Å². The average molecular weight is 506 g/mol. The SMILES string of the molecule is CCC1(C(=O)O)CCC(N2C(=O)N(c3c(F)c(OC)cc(OC)c3F)Cc3cnc(NC)nc32)CC1. The summed E-state index contributed by atoms with van der Waals surface area (Å²) in [5, 5.41) is 12.6. The summed E-state index contributed by atoms with van der Waals surface area (Å²) in [5.41, 5.74) is -0.980. The van der Waals surface area contributed by atoms with Crippen molar-refractivity contribution < 1.29 is 33.0 Å². The fourth-order valence-corrected chi connectivity index (χ4v) is 5.04. The van der Waals surface area contributed by atoms with E-state index in [9.17, 15) is 14.7 Å². The molecule has 1 fully saturated rings. The smallest absolute Gasteiger partial charge is 0.330 e. The zero-order chi connectivity index (χ0) is 26.2. The molecule has 0 saturated heterocycles. The van der Waals surface area contributed by atoms with Crippen LogP contribution in [0, 0.1) is 17.0 Å².